The summed E-state index contributed by atoms with van der Waals surface area (Å²) < 4.78 is 6.50. The third-order valence-electron chi connectivity index (χ3n) is 1.97. The molecular formula is C10H10INOS. The molecule has 2 nitrogen and oxygen atoms in total. The minimum atomic E-state index is 0.757. The van der Waals surface area contributed by atoms with Crippen molar-refractivity contribution in [2.75, 3.05) is 0 Å². The summed E-state index contributed by atoms with van der Waals surface area (Å²) in [4.78, 5) is 6.84. The van der Waals surface area contributed by atoms with Crippen LogP contribution in [0.5, 0.6) is 0 Å². The molecule has 0 atom stereocenters. The second-order valence-corrected chi connectivity index (χ2v) is 5.12. The zero-order chi connectivity index (χ0) is 10.1. The Morgan fingerprint density at radius 1 is 1.43 bits per heavy atom. The number of nitrogens with zero attached hydrogens (tertiary/aromatic N) is 1. The van der Waals surface area contributed by atoms with Gasteiger partial charge in [-0.1, -0.05) is 22.6 Å². The van der Waals surface area contributed by atoms with Gasteiger partial charge in [0.1, 0.15) is 5.76 Å². The van der Waals surface area contributed by atoms with Gasteiger partial charge >= 0.3 is 0 Å². The van der Waals surface area contributed by atoms with Gasteiger partial charge in [0.05, 0.1) is 10.6 Å². The smallest absolute Gasteiger partial charge is 0.236 e. The van der Waals surface area contributed by atoms with Crippen molar-refractivity contribution < 1.29 is 4.42 Å². The van der Waals surface area contributed by atoms with Crippen LogP contribution in [0.4, 0.5) is 0 Å². The minimum absolute atomic E-state index is 0.757. The van der Waals surface area contributed by atoms with Crippen LogP contribution < -0.4 is 0 Å². The molecule has 0 saturated carbocycles. The maximum Gasteiger partial charge on any atom is 0.236 e. The number of aromatic nitrogens is 1. The third-order valence-corrected chi connectivity index (χ3v) is 3.68. The summed E-state index contributed by atoms with van der Waals surface area (Å²) in [5.41, 5.74) is 1.05. The molecule has 0 spiro atoms. The molecule has 0 fully saturated rings. The number of thiophene rings is 1. The molecule has 14 heavy (non-hydrogen) atoms. The highest BCUT2D eigenvalue weighted by Gasteiger charge is 2.11. The molecule has 2 rings (SSSR count). The molecule has 4 heteroatoms. The van der Waals surface area contributed by atoms with Crippen molar-refractivity contribution >= 4 is 33.9 Å². The van der Waals surface area contributed by atoms with Gasteiger partial charge in [0, 0.05) is 9.30 Å². The summed E-state index contributed by atoms with van der Waals surface area (Å²) >= 11 is 4.01. The standard InChI is InChI=1S/C10H10INOS/c1-6-3-4-9(14-6)10-12-8(5-11)7(2)13-10/h3-4H,5H2,1-2H3. The highest BCUT2D eigenvalue weighted by Crippen LogP contribution is 2.28. The average molecular weight is 319 g/mol. The minimum Gasteiger partial charge on any atom is -0.440 e. The summed E-state index contributed by atoms with van der Waals surface area (Å²) in [6, 6.07) is 4.14. The SMILES string of the molecule is Cc1ccc(-c2nc(CI)c(C)o2)s1. The predicted molar refractivity (Wildman–Crippen MR) is 67.0 cm³/mol. The molecule has 0 N–H and O–H groups in total. The van der Waals surface area contributed by atoms with E-state index in [2.05, 4.69) is 46.6 Å². The van der Waals surface area contributed by atoms with Gasteiger partial charge in [-0.3, -0.25) is 0 Å². The van der Waals surface area contributed by atoms with Crippen LogP contribution in [0.3, 0.4) is 0 Å². The molecule has 0 bridgehead atoms. The molecule has 0 unspecified atom stereocenters. The van der Waals surface area contributed by atoms with Gasteiger partial charge in [0.2, 0.25) is 5.89 Å². The number of rotatable bonds is 2. The number of oxazole rings is 1. The molecule has 0 saturated heterocycles. The third kappa shape index (κ3) is 1.86. The summed E-state index contributed by atoms with van der Waals surface area (Å²) in [6.07, 6.45) is 0. The van der Waals surface area contributed by atoms with Gasteiger partial charge in [-0.15, -0.1) is 11.3 Å². The topological polar surface area (TPSA) is 26.0 Å². The van der Waals surface area contributed by atoms with Gasteiger partial charge in [-0.25, -0.2) is 4.98 Å². The first-order chi connectivity index (χ1) is 6.70. The normalized spacial score (nSPS) is 10.8. The van der Waals surface area contributed by atoms with E-state index in [1.165, 1.54) is 4.88 Å². The van der Waals surface area contributed by atoms with Gasteiger partial charge < -0.3 is 4.42 Å². The molecule has 2 heterocycles. The fourth-order valence-corrected chi connectivity index (χ4v) is 2.71. The summed E-state index contributed by atoms with van der Waals surface area (Å²) in [7, 11) is 0. The quantitative estimate of drug-likeness (QED) is 0.619. The van der Waals surface area contributed by atoms with Crippen LogP contribution in [0.2, 0.25) is 0 Å². The molecule has 0 aliphatic heterocycles. The van der Waals surface area contributed by atoms with E-state index in [-0.39, 0.29) is 0 Å². The fraction of sp³-hybridized carbons (Fsp3) is 0.300. The van der Waals surface area contributed by atoms with Crippen LogP contribution in [-0.2, 0) is 4.43 Å². The van der Waals surface area contributed by atoms with Crippen molar-refractivity contribution in [3.05, 3.63) is 28.5 Å². The van der Waals surface area contributed by atoms with Crippen LogP contribution in [0.1, 0.15) is 16.3 Å². The largest absolute Gasteiger partial charge is 0.440 e. The van der Waals surface area contributed by atoms with Crippen molar-refractivity contribution in [1.82, 2.24) is 4.98 Å². The van der Waals surface area contributed by atoms with Gasteiger partial charge in [-0.2, -0.15) is 0 Å². The Kier molecular flexibility index (Phi) is 2.92. The Morgan fingerprint density at radius 3 is 2.71 bits per heavy atom. The second kappa shape index (κ2) is 4.02. The first-order valence-electron chi connectivity index (χ1n) is 4.30. The number of hydrogen-bond donors (Lipinski definition) is 0. The van der Waals surface area contributed by atoms with E-state index < -0.39 is 0 Å². The zero-order valence-corrected chi connectivity index (χ0v) is 11.0. The lowest BCUT2D eigenvalue weighted by Gasteiger charge is -1.85. The van der Waals surface area contributed by atoms with E-state index in [0.717, 1.165) is 26.6 Å². The maximum atomic E-state index is 5.60. The molecule has 2 aromatic heterocycles. The number of alkyl halides is 1. The van der Waals surface area contributed by atoms with E-state index in [1.54, 1.807) is 11.3 Å². The number of aryl methyl sites for hydroxylation is 2. The van der Waals surface area contributed by atoms with Crippen molar-refractivity contribution in [3.63, 3.8) is 0 Å². The van der Waals surface area contributed by atoms with E-state index >= 15 is 0 Å². The monoisotopic (exact) mass is 319 g/mol. The van der Waals surface area contributed by atoms with Gasteiger partial charge in [0.15, 0.2) is 0 Å². The maximum absolute atomic E-state index is 5.60. The van der Waals surface area contributed by atoms with Crippen LogP contribution >= 0.6 is 33.9 Å². The lowest BCUT2D eigenvalue weighted by Crippen LogP contribution is -1.78. The molecular weight excluding hydrogens is 309 g/mol. The zero-order valence-electron chi connectivity index (χ0n) is 8.00. The number of halogens is 1. The van der Waals surface area contributed by atoms with Crippen LogP contribution in [-0.4, -0.2) is 4.98 Å². The van der Waals surface area contributed by atoms with E-state index in [1.807, 2.05) is 6.92 Å². The Morgan fingerprint density at radius 2 is 2.21 bits per heavy atom. The first-order valence-corrected chi connectivity index (χ1v) is 6.64. The van der Waals surface area contributed by atoms with E-state index in [9.17, 15) is 0 Å². The molecule has 0 amide bonds. The Balaban J connectivity index is 2.42. The second-order valence-electron chi connectivity index (χ2n) is 3.07. The van der Waals surface area contributed by atoms with Crippen molar-refractivity contribution in [1.29, 1.82) is 0 Å². The predicted octanol–water partition coefficient (Wildman–Crippen LogP) is 3.95. The van der Waals surface area contributed by atoms with Crippen LogP contribution in [0, 0.1) is 13.8 Å². The van der Waals surface area contributed by atoms with E-state index in [0.29, 0.717) is 0 Å². The first kappa shape index (κ1) is 10.2. The molecule has 0 aliphatic rings. The molecule has 0 aliphatic carbocycles. The van der Waals surface area contributed by atoms with Gasteiger partial charge in [0.25, 0.3) is 0 Å². The van der Waals surface area contributed by atoms with Crippen molar-refractivity contribution in [3.8, 4) is 10.8 Å². The average Bonchev–Trinajstić information content (AvgIpc) is 2.71. The molecule has 0 aromatic carbocycles. The van der Waals surface area contributed by atoms with Crippen molar-refractivity contribution in [2.24, 2.45) is 0 Å². The Hall–Kier alpha value is -0.360. The highest BCUT2D eigenvalue weighted by atomic mass is 127. The number of hydrogen-bond acceptors (Lipinski definition) is 3. The fourth-order valence-electron chi connectivity index (χ4n) is 1.21. The van der Waals surface area contributed by atoms with Crippen molar-refractivity contribution in [2.45, 2.75) is 18.3 Å². The molecule has 2 aromatic rings. The summed E-state index contributed by atoms with van der Waals surface area (Å²) in [6.45, 7) is 4.05. The lowest BCUT2D eigenvalue weighted by molar-refractivity contribution is 0.542. The Bertz CT molecular complexity index is 447. The Labute approximate surface area is 100 Å². The van der Waals surface area contributed by atoms with Crippen LogP contribution in [0.15, 0.2) is 16.5 Å². The molecule has 0 radical (unpaired) electrons. The lowest BCUT2D eigenvalue weighted by atomic mass is 10.4. The summed E-state index contributed by atoms with van der Waals surface area (Å²) in [5, 5.41) is 0. The van der Waals surface area contributed by atoms with Gasteiger partial charge in [-0.05, 0) is 26.0 Å². The molecule has 74 valence electrons. The van der Waals surface area contributed by atoms with E-state index in [4.69, 9.17) is 4.42 Å². The highest BCUT2D eigenvalue weighted by molar-refractivity contribution is 14.1. The van der Waals surface area contributed by atoms with Crippen LogP contribution in [0.25, 0.3) is 10.8 Å². The summed E-state index contributed by atoms with van der Waals surface area (Å²) in [5.74, 6) is 1.69.